The van der Waals surface area contributed by atoms with Gasteiger partial charge in [-0.15, -0.1) is 0 Å². The third kappa shape index (κ3) is 4.47. The molecule has 0 bridgehead atoms. The molecule has 0 heterocycles. The summed E-state index contributed by atoms with van der Waals surface area (Å²) in [4.78, 5) is 0. The Morgan fingerprint density at radius 3 is 2.69 bits per heavy atom. The van der Waals surface area contributed by atoms with E-state index in [4.69, 9.17) is 5.73 Å². The predicted octanol–water partition coefficient (Wildman–Crippen LogP) is 3.39. The lowest BCUT2D eigenvalue weighted by atomic mass is 10.1. The molecule has 1 nitrogen and oxygen atoms in total. The second-order valence-electron chi connectivity index (χ2n) is 4.19. The third-order valence-electron chi connectivity index (χ3n) is 2.85. The minimum absolute atomic E-state index is 0.366. The fourth-order valence-corrected chi connectivity index (χ4v) is 1.99. The monoisotopic (exact) mass is 181 g/mol. The smallest absolute Gasteiger partial charge is 0.0229 e. The lowest BCUT2D eigenvalue weighted by molar-refractivity contribution is 0.625. The molecule has 0 radical (unpaired) electrons. The van der Waals surface area contributed by atoms with E-state index in [9.17, 15) is 0 Å². The van der Waals surface area contributed by atoms with Crippen LogP contribution >= 0.6 is 0 Å². The first-order valence-electron chi connectivity index (χ1n) is 5.78. The summed E-state index contributed by atoms with van der Waals surface area (Å²) in [6.07, 6.45) is 13.0. The molecule has 1 heteroatoms. The molecule has 13 heavy (non-hydrogen) atoms. The molecule has 1 rings (SSSR count). The Morgan fingerprint density at radius 1 is 1.31 bits per heavy atom. The number of hydrogen-bond acceptors (Lipinski definition) is 1. The van der Waals surface area contributed by atoms with Gasteiger partial charge in [-0.1, -0.05) is 44.3 Å². The molecule has 76 valence electrons. The molecule has 1 aliphatic carbocycles. The van der Waals surface area contributed by atoms with E-state index in [1.165, 1.54) is 51.4 Å². The third-order valence-corrected chi connectivity index (χ3v) is 2.85. The maximum atomic E-state index is 5.80. The highest BCUT2D eigenvalue weighted by Crippen LogP contribution is 2.22. The summed E-state index contributed by atoms with van der Waals surface area (Å²) in [5, 5.41) is 0. The second kappa shape index (κ2) is 6.20. The van der Waals surface area contributed by atoms with Crippen LogP contribution in [0.1, 0.15) is 58.3 Å². The Bertz CT molecular complexity index is 161. The zero-order valence-corrected chi connectivity index (χ0v) is 8.89. The van der Waals surface area contributed by atoms with Gasteiger partial charge in [0.2, 0.25) is 0 Å². The van der Waals surface area contributed by atoms with Crippen molar-refractivity contribution < 1.29 is 0 Å². The molecule has 1 unspecified atom stereocenters. The van der Waals surface area contributed by atoms with Gasteiger partial charge in [0.25, 0.3) is 0 Å². The van der Waals surface area contributed by atoms with Gasteiger partial charge in [-0.25, -0.2) is 0 Å². The van der Waals surface area contributed by atoms with E-state index in [-0.39, 0.29) is 0 Å². The summed E-state index contributed by atoms with van der Waals surface area (Å²) in [7, 11) is 0. The van der Waals surface area contributed by atoms with Crippen LogP contribution < -0.4 is 5.73 Å². The van der Waals surface area contributed by atoms with Crippen molar-refractivity contribution in [1.82, 2.24) is 0 Å². The van der Waals surface area contributed by atoms with E-state index in [2.05, 4.69) is 13.0 Å². The summed E-state index contributed by atoms with van der Waals surface area (Å²) in [6.45, 7) is 2.26. The van der Waals surface area contributed by atoms with Crippen molar-refractivity contribution in [2.24, 2.45) is 5.73 Å². The van der Waals surface area contributed by atoms with Crippen molar-refractivity contribution in [3.8, 4) is 0 Å². The van der Waals surface area contributed by atoms with E-state index in [1.54, 1.807) is 5.57 Å². The summed E-state index contributed by atoms with van der Waals surface area (Å²) < 4.78 is 0. The molecule has 0 aromatic carbocycles. The minimum atomic E-state index is 0.366. The summed E-state index contributed by atoms with van der Waals surface area (Å²) in [5.74, 6) is 0. The number of unbranched alkanes of at least 4 members (excludes halogenated alkanes) is 4. The summed E-state index contributed by atoms with van der Waals surface area (Å²) in [6, 6.07) is 0.366. The number of nitrogens with two attached hydrogens (primary N) is 1. The average molecular weight is 181 g/mol. The lowest BCUT2D eigenvalue weighted by Crippen LogP contribution is -2.11. The molecule has 0 aliphatic heterocycles. The van der Waals surface area contributed by atoms with Crippen LogP contribution in [0.3, 0.4) is 0 Å². The van der Waals surface area contributed by atoms with Crippen LogP contribution in [0.5, 0.6) is 0 Å². The molecule has 2 N–H and O–H groups in total. The van der Waals surface area contributed by atoms with Crippen LogP contribution in [0.2, 0.25) is 0 Å². The van der Waals surface area contributed by atoms with Gasteiger partial charge in [-0.05, 0) is 25.7 Å². The molecule has 0 aromatic heterocycles. The topological polar surface area (TPSA) is 26.0 Å². The fourth-order valence-electron chi connectivity index (χ4n) is 1.99. The summed E-state index contributed by atoms with van der Waals surface area (Å²) >= 11 is 0. The van der Waals surface area contributed by atoms with Crippen LogP contribution in [0.15, 0.2) is 11.6 Å². The quantitative estimate of drug-likeness (QED) is 0.493. The second-order valence-corrected chi connectivity index (χ2v) is 4.19. The molecule has 0 fully saturated rings. The van der Waals surface area contributed by atoms with E-state index in [1.807, 2.05) is 0 Å². The number of rotatable bonds is 6. The Morgan fingerprint density at radius 2 is 2.08 bits per heavy atom. The lowest BCUT2D eigenvalue weighted by Gasteiger charge is -2.00. The number of allylic oxidation sites excluding steroid dienone is 1. The largest absolute Gasteiger partial charge is 0.324 e. The normalized spacial score (nSPS) is 22.0. The average Bonchev–Trinajstić information content (AvgIpc) is 2.51. The summed E-state index contributed by atoms with van der Waals surface area (Å²) in [5.41, 5.74) is 7.42. The molecule has 0 aromatic rings. The van der Waals surface area contributed by atoms with E-state index >= 15 is 0 Å². The van der Waals surface area contributed by atoms with Crippen LogP contribution in [0.25, 0.3) is 0 Å². The Balaban J connectivity index is 1.97. The van der Waals surface area contributed by atoms with Crippen molar-refractivity contribution in [2.45, 2.75) is 64.3 Å². The maximum Gasteiger partial charge on any atom is 0.0229 e. The van der Waals surface area contributed by atoms with E-state index < -0.39 is 0 Å². The molecule has 0 saturated heterocycles. The zero-order chi connectivity index (χ0) is 9.52. The van der Waals surface area contributed by atoms with E-state index in [0.29, 0.717) is 6.04 Å². The van der Waals surface area contributed by atoms with Crippen LogP contribution in [-0.2, 0) is 0 Å². The molecule has 0 spiro atoms. The minimum Gasteiger partial charge on any atom is -0.324 e. The zero-order valence-electron chi connectivity index (χ0n) is 8.89. The molecule has 1 aliphatic rings. The number of hydrogen-bond donors (Lipinski definition) is 1. The SMILES string of the molecule is CCCCCCCC1=CC(N)CC1. The Labute approximate surface area is 82.4 Å². The van der Waals surface area contributed by atoms with Crippen molar-refractivity contribution in [2.75, 3.05) is 0 Å². The molecular weight excluding hydrogens is 158 g/mol. The van der Waals surface area contributed by atoms with Gasteiger partial charge in [0, 0.05) is 6.04 Å². The standard InChI is InChI=1S/C12H23N/c1-2-3-4-5-6-7-11-8-9-12(13)10-11/h10,12H,2-9,13H2,1H3. The Hall–Kier alpha value is -0.300. The first-order chi connectivity index (χ1) is 6.33. The predicted molar refractivity (Wildman–Crippen MR) is 58.7 cm³/mol. The Kier molecular flexibility index (Phi) is 5.14. The first-order valence-corrected chi connectivity index (χ1v) is 5.78. The van der Waals surface area contributed by atoms with Gasteiger partial charge in [0.15, 0.2) is 0 Å². The first kappa shape index (κ1) is 10.8. The van der Waals surface area contributed by atoms with E-state index in [0.717, 1.165) is 0 Å². The van der Waals surface area contributed by atoms with Gasteiger partial charge in [-0.2, -0.15) is 0 Å². The van der Waals surface area contributed by atoms with Crippen LogP contribution in [-0.4, -0.2) is 6.04 Å². The van der Waals surface area contributed by atoms with Crippen molar-refractivity contribution in [1.29, 1.82) is 0 Å². The van der Waals surface area contributed by atoms with Crippen molar-refractivity contribution >= 4 is 0 Å². The molecule has 1 atom stereocenters. The van der Waals surface area contributed by atoms with Gasteiger partial charge in [-0.3, -0.25) is 0 Å². The highest BCUT2D eigenvalue weighted by molar-refractivity contribution is 5.12. The highest BCUT2D eigenvalue weighted by Gasteiger charge is 2.10. The van der Waals surface area contributed by atoms with Crippen LogP contribution in [0, 0.1) is 0 Å². The fraction of sp³-hybridized carbons (Fsp3) is 0.833. The molecule has 0 saturated carbocycles. The van der Waals surface area contributed by atoms with Crippen LogP contribution in [0.4, 0.5) is 0 Å². The highest BCUT2D eigenvalue weighted by atomic mass is 14.6. The van der Waals surface area contributed by atoms with Gasteiger partial charge < -0.3 is 5.73 Å². The van der Waals surface area contributed by atoms with Crippen molar-refractivity contribution in [3.05, 3.63) is 11.6 Å². The van der Waals surface area contributed by atoms with Gasteiger partial charge >= 0.3 is 0 Å². The maximum absolute atomic E-state index is 5.80. The van der Waals surface area contributed by atoms with Gasteiger partial charge in [0.05, 0.1) is 0 Å². The van der Waals surface area contributed by atoms with Crippen molar-refractivity contribution in [3.63, 3.8) is 0 Å². The van der Waals surface area contributed by atoms with Gasteiger partial charge in [0.1, 0.15) is 0 Å². The molecular formula is C12H23N. The molecule has 0 amide bonds.